The van der Waals surface area contributed by atoms with Gasteiger partial charge in [-0.3, -0.25) is 4.99 Å². The summed E-state index contributed by atoms with van der Waals surface area (Å²) >= 11 is 0. The predicted molar refractivity (Wildman–Crippen MR) is 102 cm³/mol. The molecule has 0 radical (unpaired) electrons. The lowest BCUT2D eigenvalue weighted by molar-refractivity contribution is 0.156. The number of hydrogen-bond donors (Lipinski definition) is 1. The first-order chi connectivity index (χ1) is 12.3. The molecule has 1 saturated heterocycles. The van der Waals surface area contributed by atoms with Crippen LogP contribution in [0.5, 0.6) is 0 Å². The summed E-state index contributed by atoms with van der Waals surface area (Å²) in [6, 6.07) is 19.3. The van der Waals surface area contributed by atoms with Gasteiger partial charge in [0.05, 0.1) is 5.71 Å². The van der Waals surface area contributed by atoms with Crippen LogP contribution in [-0.2, 0) is 12.8 Å². The molecule has 1 heterocycles. The molecule has 25 heavy (non-hydrogen) atoms. The predicted octanol–water partition coefficient (Wildman–Crippen LogP) is 3.31. The molecule has 1 aliphatic carbocycles. The average Bonchev–Trinajstić information content (AvgIpc) is 2.96. The first-order valence-electron chi connectivity index (χ1n) is 9.31. The summed E-state index contributed by atoms with van der Waals surface area (Å²) in [5, 5.41) is 9.43. The molecule has 0 aromatic heterocycles. The van der Waals surface area contributed by atoms with Crippen molar-refractivity contribution >= 4 is 5.71 Å². The van der Waals surface area contributed by atoms with Crippen LogP contribution in [0, 0.1) is 5.41 Å². The molecule has 3 heteroatoms. The molecule has 1 N–H and O–H groups in total. The summed E-state index contributed by atoms with van der Waals surface area (Å²) in [5.74, 6) is 0. The van der Waals surface area contributed by atoms with E-state index < -0.39 is 0 Å². The van der Waals surface area contributed by atoms with Crippen molar-refractivity contribution in [3.63, 3.8) is 0 Å². The fraction of sp³-hybridized carbons (Fsp3) is 0.409. The van der Waals surface area contributed by atoms with Crippen molar-refractivity contribution in [1.82, 2.24) is 4.90 Å². The topological polar surface area (TPSA) is 35.8 Å². The Labute approximate surface area is 150 Å². The SMILES string of the molecule is OCN=C1c2ccccc2CC12CCN(CCc1ccccc1)CC2. The number of benzene rings is 2. The Balaban J connectivity index is 1.43. The van der Waals surface area contributed by atoms with Crippen LogP contribution in [0.15, 0.2) is 59.6 Å². The maximum absolute atomic E-state index is 9.43. The van der Waals surface area contributed by atoms with Crippen LogP contribution in [0.4, 0.5) is 0 Å². The Bertz CT molecular complexity index is 746. The quantitative estimate of drug-likeness (QED) is 0.931. The molecule has 2 aromatic carbocycles. The lowest BCUT2D eigenvalue weighted by Gasteiger charge is -2.40. The van der Waals surface area contributed by atoms with E-state index in [-0.39, 0.29) is 12.1 Å². The molecule has 0 unspecified atom stereocenters. The zero-order valence-electron chi connectivity index (χ0n) is 14.7. The van der Waals surface area contributed by atoms with E-state index >= 15 is 0 Å². The zero-order chi connectivity index (χ0) is 17.1. The van der Waals surface area contributed by atoms with E-state index in [0.717, 1.165) is 51.0 Å². The van der Waals surface area contributed by atoms with Crippen LogP contribution in [0.2, 0.25) is 0 Å². The molecule has 2 aromatic rings. The van der Waals surface area contributed by atoms with Gasteiger partial charge in [0.2, 0.25) is 0 Å². The van der Waals surface area contributed by atoms with Gasteiger partial charge in [-0.15, -0.1) is 0 Å². The molecule has 1 aliphatic heterocycles. The first-order valence-corrected chi connectivity index (χ1v) is 9.31. The highest BCUT2D eigenvalue weighted by molar-refractivity contribution is 6.08. The number of aliphatic hydroxyl groups is 1. The van der Waals surface area contributed by atoms with E-state index in [4.69, 9.17) is 0 Å². The maximum Gasteiger partial charge on any atom is 0.134 e. The van der Waals surface area contributed by atoms with Crippen molar-refractivity contribution in [1.29, 1.82) is 0 Å². The Morgan fingerprint density at radius 2 is 1.68 bits per heavy atom. The normalized spacial score (nSPS) is 20.9. The van der Waals surface area contributed by atoms with Crippen molar-refractivity contribution in [2.75, 3.05) is 26.4 Å². The summed E-state index contributed by atoms with van der Waals surface area (Å²) in [4.78, 5) is 7.10. The molecule has 1 fully saturated rings. The smallest absolute Gasteiger partial charge is 0.134 e. The van der Waals surface area contributed by atoms with Gasteiger partial charge in [0, 0.05) is 12.0 Å². The highest BCUT2D eigenvalue weighted by Crippen LogP contribution is 2.45. The summed E-state index contributed by atoms with van der Waals surface area (Å²) in [7, 11) is 0. The monoisotopic (exact) mass is 334 g/mol. The maximum atomic E-state index is 9.43. The van der Waals surface area contributed by atoms with Gasteiger partial charge in [-0.25, -0.2) is 0 Å². The van der Waals surface area contributed by atoms with Crippen LogP contribution < -0.4 is 0 Å². The fourth-order valence-corrected chi connectivity index (χ4v) is 4.51. The number of rotatable bonds is 4. The summed E-state index contributed by atoms with van der Waals surface area (Å²) in [6.45, 7) is 3.25. The van der Waals surface area contributed by atoms with Gasteiger partial charge in [-0.05, 0) is 55.5 Å². The highest BCUT2D eigenvalue weighted by Gasteiger charge is 2.44. The van der Waals surface area contributed by atoms with Gasteiger partial charge < -0.3 is 10.0 Å². The second kappa shape index (κ2) is 7.11. The Hall–Kier alpha value is -1.97. The van der Waals surface area contributed by atoms with Crippen LogP contribution >= 0.6 is 0 Å². The minimum absolute atomic E-state index is 0.108. The van der Waals surface area contributed by atoms with E-state index in [9.17, 15) is 5.11 Å². The standard InChI is InChI=1S/C22H26N2O/c25-17-23-21-20-9-5-4-8-19(20)16-22(21)11-14-24(15-12-22)13-10-18-6-2-1-3-7-18/h1-9,25H,10-17H2. The molecule has 1 spiro atoms. The van der Waals surface area contributed by atoms with Gasteiger partial charge in [-0.2, -0.15) is 0 Å². The van der Waals surface area contributed by atoms with Crippen molar-refractivity contribution in [2.45, 2.75) is 25.7 Å². The second-order valence-electron chi connectivity index (χ2n) is 7.34. The number of likely N-dealkylation sites (tertiary alicyclic amines) is 1. The third-order valence-corrected chi connectivity index (χ3v) is 5.91. The lowest BCUT2D eigenvalue weighted by atomic mass is 9.74. The van der Waals surface area contributed by atoms with E-state index in [0.29, 0.717) is 0 Å². The van der Waals surface area contributed by atoms with Crippen molar-refractivity contribution in [2.24, 2.45) is 10.4 Å². The third-order valence-electron chi connectivity index (χ3n) is 5.91. The third kappa shape index (κ3) is 3.26. The van der Waals surface area contributed by atoms with Crippen molar-refractivity contribution in [3.8, 4) is 0 Å². The van der Waals surface area contributed by atoms with E-state index in [2.05, 4.69) is 64.5 Å². The minimum atomic E-state index is -0.108. The van der Waals surface area contributed by atoms with Crippen LogP contribution in [-0.4, -0.2) is 42.1 Å². The molecule has 4 rings (SSSR count). The zero-order valence-corrected chi connectivity index (χ0v) is 14.7. The summed E-state index contributed by atoms with van der Waals surface area (Å²) in [5.41, 5.74) is 5.35. The number of aliphatic imine (C=N–C) groups is 1. The van der Waals surface area contributed by atoms with Gasteiger partial charge >= 0.3 is 0 Å². The molecule has 3 nitrogen and oxygen atoms in total. The Kier molecular flexibility index (Phi) is 4.69. The molecule has 0 amide bonds. The summed E-state index contributed by atoms with van der Waals surface area (Å²) in [6.07, 6.45) is 4.46. The Morgan fingerprint density at radius 3 is 2.44 bits per heavy atom. The number of aliphatic hydroxyl groups excluding tert-OH is 1. The van der Waals surface area contributed by atoms with E-state index in [1.54, 1.807) is 0 Å². The van der Waals surface area contributed by atoms with Crippen molar-refractivity contribution < 1.29 is 5.11 Å². The van der Waals surface area contributed by atoms with Gasteiger partial charge in [0.1, 0.15) is 6.73 Å². The van der Waals surface area contributed by atoms with Gasteiger partial charge in [-0.1, -0.05) is 54.6 Å². The molecular weight excluding hydrogens is 308 g/mol. The van der Waals surface area contributed by atoms with Gasteiger partial charge in [0.25, 0.3) is 0 Å². The molecule has 0 atom stereocenters. The molecule has 2 aliphatic rings. The van der Waals surface area contributed by atoms with Crippen molar-refractivity contribution in [3.05, 3.63) is 71.3 Å². The average molecular weight is 334 g/mol. The number of fused-ring (bicyclic) bond motifs is 1. The van der Waals surface area contributed by atoms with E-state index in [1.807, 2.05) is 0 Å². The van der Waals surface area contributed by atoms with Crippen LogP contribution in [0.25, 0.3) is 0 Å². The van der Waals surface area contributed by atoms with Crippen LogP contribution in [0.1, 0.15) is 29.5 Å². The lowest BCUT2D eigenvalue weighted by Crippen LogP contribution is -2.44. The molecule has 0 bridgehead atoms. The highest BCUT2D eigenvalue weighted by atomic mass is 16.3. The second-order valence-corrected chi connectivity index (χ2v) is 7.34. The first kappa shape index (κ1) is 16.5. The number of nitrogens with zero attached hydrogens (tertiary/aromatic N) is 2. The fourth-order valence-electron chi connectivity index (χ4n) is 4.51. The molecule has 0 saturated carbocycles. The largest absolute Gasteiger partial charge is 0.375 e. The van der Waals surface area contributed by atoms with Gasteiger partial charge in [0.15, 0.2) is 0 Å². The Morgan fingerprint density at radius 1 is 0.960 bits per heavy atom. The summed E-state index contributed by atoms with van der Waals surface area (Å²) < 4.78 is 0. The number of piperidine rings is 1. The van der Waals surface area contributed by atoms with Crippen LogP contribution in [0.3, 0.4) is 0 Å². The minimum Gasteiger partial charge on any atom is -0.375 e. The number of hydrogen-bond acceptors (Lipinski definition) is 3. The van der Waals surface area contributed by atoms with E-state index in [1.165, 1.54) is 16.7 Å². The molecule has 130 valence electrons. The molecular formula is C22H26N2O.